The average molecular weight is 478 g/mol. The molecule has 34 heavy (non-hydrogen) atoms. The van der Waals surface area contributed by atoms with Gasteiger partial charge in [-0.1, -0.05) is 36.4 Å². The number of anilines is 1. The molecule has 0 N–H and O–H groups in total. The minimum Gasteiger partial charge on any atom is -0.420 e. The number of hydrogen-bond acceptors (Lipinski definition) is 6. The van der Waals surface area contributed by atoms with E-state index in [1.54, 1.807) is 53.4 Å². The Morgan fingerprint density at radius 1 is 1.00 bits per heavy atom. The SMILES string of the molecule is C=CC(=O)N1CCN(C(=O)OC2c3ccccc3C(=O)N2c2ccc3ccc(Cl)nc3n2)CC1. The number of halogens is 1. The van der Waals surface area contributed by atoms with Crippen molar-refractivity contribution < 1.29 is 19.1 Å². The van der Waals surface area contributed by atoms with Crippen molar-refractivity contribution >= 4 is 46.4 Å². The normalized spacial score (nSPS) is 17.6. The molecule has 3 amide bonds. The molecule has 1 saturated heterocycles. The van der Waals surface area contributed by atoms with Gasteiger partial charge in [0.05, 0.1) is 0 Å². The zero-order valence-corrected chi connectivity index (χ0v) is 18.8. The first kappa shape index (κ1) is 21.8. The topological polar surface area (TPSA) is 95.9 Å². The summed E-state index contributed by atoms with van der Waals surface area (Å²) in [5.41, 5.74) is 1.38. The Hall–Kier alpha value is -3.98. The number of fused-ring (bicyclic) bond motifs is 2. The van der Waals surface area contributed by atoms with Crippen LogP contribution >= 0.6 is 11.6 Å². The maximum absolute atomic E-state index is 13.3. The summed E-state index contributed by atoms with van der Waals surface area (Å²) < 4.78 is 5.85. The largest absolute Gasteiger partial charge is 0.420 e. The first-order valence-corrected chi connectivity index (χ1v) is 11.1. The van der Waals surface area contributed by atoms with Crippen LogP contribution in [0.25, 0.3) is 11.0 Å². The highest BCUT2D eigenvalue weighted by atomic mass is 35.5. The maximum Gasteiger partial charge on any atom is 0.412 e. The van der Waals surface area contributed by atoms with Crippen molar-refractivity contribution in [2.45, 2.75) is 6.23 Å². The molecule has 0 spiro atoms. The number of amides is 3. The van der Waals surface area contributed by atoms with Gasteiger partial charge in [0.1, 0.15) is 11.0 Å². The second kappa shape index (κ2) is 8.75. The number of nitrogens with zero attached hydrogens (tertiary/aromatic N) is 5. The number of hydrogen-bond donors (Lipinski definition) is 0. The van der Waals surface area contributed by atoms with Gasteiger partial charge in [0.2, 0.25) is 12.1 Å². The number of pyridine rings is 2. The fourth-order valence-corrected chi connectivity index (χ4v) is 4.27. The summed E-state index contributed by atoms with van der Waals surface area (Å²) in [6.07, 6.45) is -0.314. The number of piperazine rings is 1. The standard InChI is InChI=1S/C24H20ClN5O4/c1-2-20(31)28-11-13-29(14-12-28)24(33)34-23-17-6-4-3-5-16(17)22(32)30(23)19-10-8-15-7-9-18(25)26-21(15)27-19/h2-10,23H,1,11-14H2. The number of carbonyl (C=O) groups excluding carboxylic acids is 3. The summed E-state index contributed by atoms with van der Waals surface area (Å²) in [4.78, 5) is 51.4. The van der Waals surface area contributed by atoms with Crippen LogP contribution in [-0.4, -0.2) is 63.9 Å². The second-order valence-corrected chi connectivity index (χ2v) is 8.25. The Bertz CT molecular complexity index is 1320. The van der Waals surface area contributed by atoms with E-state index in [1.807, 2.05) is 0 Å². The Morgan fingerprint density at radius 3 is 2.47 bits per heavy atom. The third-order valence-corrected chi connectivity index (χ3v) is 6.11. The molecule has 172 valence electrons. The van der Waals surface area contributed by atoms with Crippen LogP contribution in [-0.2, 0) is 9.53 Å². The van der Waals surface area contributed by atoms with E-state index in [0.29, 0.717) is 48.8 Å². The van der Waals surface area contributed by atoms with Gasteiger partial charge >= 0.3 is 6.09 Å². The predicted molar refractivity (Wildman–Crippen MR) is 125 cm³/mol. The lowest BCUT2D eigenvalue weighted by molar-refractivity contribution is -0.127. The predicted octanol–water partition coefficient (Wildman–Crippen LogP) is 3.41. The van der Waals surface area contributed by atoms with Gasteiger partial charge in [0, 0.05) is 42.7 Å². The number of ether oxygens (including phenoxy) is 1. The van der Waals surface area contributed by atoms with Gasteiger partial charge in [-0.15, -0.1) is 0 Å². The van der Waals surface area contributed by atoms with Gasteiger partial charge < -0.3 is 14.5 Å². The van der Waals surface area contributed by atoms with E-state index >= 15 is 0 Å². The minimum absolute atomic E-state index is 0.175. The van der Waals surface area contributed by atoms with Crippen molar-refractivity contribution in [2.24, 2.45) is 0 Å². The van der Waals surface area contributed by atoms with Crippen LogP contribution in [0.2, 0.25) is 5.15 Å². The molecule has 10 heteroatoms. The number of carbonyl (C=O) groups is 3. The molecular weight excluding hydrogens is 458 g/mol. The summed E-state index contributed by atoms with van der Waals surface area (Å²) in [5.74, 6) is -0.211. The fraction of sp³-hybridized carbons (Fsp3) is 0.208. The number of rotatable bonds is 3. The summed E-state index contributed by atoms with van der Waals surface area (Å²) >= 11 is 6.02. The van der Waals surface area contributed by atoms with E-state index in [-0.39, 0.29) is 17.0 Å². The number of aromatic nitrogens is 2. The first-order valence-electron chi connectivity index (χ1n) is 10.7. The molecule has 0 bridgehead atoms. The molecule has 0 aliphatic carbocycles. The van der Waals surface area contributed by atoms with Gasteiger partial charge in [0.25, 0.3) is 5.91 Å². The van der Waals surface area contributed by atoms with Gasteiger partial charge in [-0.2, -0.15) is 0 Å². The molecule has 9 nitrogen and oxygen atoms in total. The monoisotopic (exact) mass is 477 g/mol. The van der Waals surface area contributed by atoms with Crippen molar-refractivity contribution in [3.05, 3.63) is 77.5 Å². The Kier molecular flexibility index (Phi) is 5.62. The van der Waals surface area contributed by atoms with Crippen LogP contribution in [0.3, 0.4) is 0 Å². The van der Waals surface area contributed by atoms with Gasteiger partial charge in [-0.3, -0.25) is 14.5 Å². The maximum atomic E-state index is 13.3. The Morgan fingerprint density at radius 2 is 1.71 bits per heavy atom. The zero-order chi connectivity index (χ0) is 23.8. The lowest BCUT2D eigenvalue weighted by Gasteiger charge is -2.35. The lowest BCUT2D eigenvalue weighted by atomic mass is 10.1. The minimum atomic E-state index is -0.992. The molecule has 1 aromatic carbocycles. The Balaban J connectivity index is 1.43. The van der Waals surface area contributed by atoms with E-state index in [1.165, 1.54) is 15.9 Å². The molecule has 0 saturated carbocycles. The molecule has 2 aromatic heterocycles. The molecule has 2 aliphatic rings. The molecule has 1 unspecified atom stereocenters. The lowest BCUT2D eigenvalue weighted by Crippen LogP contribution is -2.51. The van der Waals surface area contributed by atoms with E-state index in [0.717, 1.165) is 5.39 Å². The first-order chi connectivity index (χ1) is 16.5. The van der Waals surface area contributed by atoms with Crippen LogP contribution in [0.1, 0.15) is 22.1 Å². The van der Waals surface area contributed by atoms with Crippen molar-refractivity contribution in [1.82, 2.24) is 19.8 Å². The summed E-state index contributed by atoms with van der Waals surface area (Å²) in [6, 6.07) is 13.9. The van der Waals surface area contributed by atoms with E-state index in [2.05, 4.69) is 16.5 Å². The van der Waals surface area contributed by atoms with Crippen molar-refractivity contribution in [2.75, 3.05) is 31.1 Å². The van der Waals surface area contributed by atoms with Gasteiger partial charge in [0.15, 0.2) is 5.65 Å². The smallest absolute Gasteiger partial charge is 0.412 e. The van der Waals surface area contributed by atoms with Gasteiger partial charge in [-0.25, -0.2) is 14.8 Å². The highest BCUT2D eigenvalue weighted by Crippen LogP contribution is 2.38. The highest BCUT2D eigenvalue weighted by molar-refractivity contribution is 6.29. The van der Waals surface area contributed by atoms with Gasteiger partial charge in [-0.05, 0) is 36.4 Å². The quantitative estimate of drug-likeness (QED) is 0.423. The van der Waals surface area contributed by atoms with Crippen LogP contribution in [0.15, 0.2) is 61.2 Å². The molecule has 0 radical (unpaired) electrons. The molecule has 2 aliphatic heterocycles. The van der Waals surface area contributed by atoms with Crippen molar-refractivity contribution in [1.29, 1.82) is 0 Å². The average Bonchev–Trinajstić information content (AvgIpc) is 3.14. The fourth-order valence-electron chi connectivity index (χ4n) is 4.13. The summed E-state index contributed by atoms with van der Waals surface area (Å²) in [5, 5.41) is 1.04. The van der Waals surface area contributed by atoms with E-state index in [9.17, 15) is 14.4 Å². The zero-order valence-electron chi connectivity index (χ0n) is 18.1. The molecule has 4 heterocycles. The van der Waals surface area contributed by atoms with Crippen LogP contribution in [0.4, 0.5) is 10.6 Å². The summed E-state index contributed by atoms with van der Waals surface area (Å²) in [6.45, 7) is 4.88. The number of benzene rings is 1. The van der Waals surface area contributed by atoms with E-state index in [4.69, 9.17) is 16.3 Å². The molecule has 1 fully saturated rings. The third kappa shape index (κ3) is 3.84. The van der Waals surface area contributed by atoms with Crippen LogP contribution in [0.5, 0.6) is 0 Å². The molecule has 3 aromatic rings. The van der Waals surface area contributed by atoms with Crippen LogP contribution < -0.4 is 4.90 Å². The molecule has 5 rings (SSSR count). The van der Waals surface area contributed by atoms with Crippen molar-refractivity contribution in [3.8, 4) is 0 Å². The Labute approximate surface area is 200 Å². The van der Waals surface area contributed by atoms with E-state index < -0.39 is 12.3 Å². The summed E-state index contributed by atoms with van der Waals surface area (Å²) in [7, 11) is 0. The molecular formula is C24H20ClN5O4. The van der Waals surface area contributed by atoms with Crippen LogP contribution in [0, 0.1) is 0 Å². The molecule has 1 atom stereocenters. The second-order valence-electron chi connectivity index (χ2n) is 7.87. The van der Waals surface area contributed by atoms with Crippen molar-refractivity contribution in [3.63, 3.8) is 0 Å². The highest BCUT2D eigenvalue weighted by Gasteiger charge is 2.42. The third-order valence-electron chi connectivity index (χ3n) is 5.90.